The second kappa shape index (κ2) is 6.49. The summed E-state index contributed by atoms with van der Waals surface area (Å²) in [5.41, 5.74) is 3.44. The van der Waals surface area contributed by atoms with Gasteiger partial charge in [-0.25, -0.2) is 4.98 Å². The number of fused-ring (bicyclic) bond motifs is 1. The fraction of sp³-hybridized carbons (Fsp3) is 0.0476. The SMILES string of the molecule is Cc1ccccc1N(C(=O)c1ccccc1)c1nc2ccccc2s1. The highest BCUT2D eigenvalue weighted by atomic mass is 32.1. The van der Waals surface area contributed by atoms with Crippen LogP contribution in [0.3, 0.4) is 0 Å². The van der Waals surface area contributed by atoms with Crippen molar-refractivity contribution in [3.8, 4) is 0 Å². The number of hydrogen-bond donors (Lipinski definition) is 0. The number of amides is 1. The van der Waals surface area contributed by atoms with Gasteiger partial charge in [0.25, 0.3) is 5.91 Å². The van der Waals surface area contributed by atoms with Crippen LogP contribution in [0.1, 0.15) is 15.9 Å². The van der Waals surface area contributed by atoms with Gasteiger partial charge < -0.3 is 0 Å². The third kappa shape index (κ3) is 2.92. The Hall–Kier alpha value is -2.98. The number of carbonyl (C=O) groups excluding carboxylic acids is 1. The fourth-order valence-electron chi connectivity index (χ4n) is 2.78. The Morgan fingerprint density at radius 3 is 2.32 bits per heavy atom. The van der Waals surface area contributed by atoms with Crippen LogP contribution in [0.15, 0.2) is 78.9 Å². The maximum Gasteiger partial charge on any atom is 0.264 e. The molecular weight excluding hydrogens is 328 g/mol. The largest absolute Gasteiger partial charge is 0.268 e. The molecule has 4 heteroatoms. The molecule has 0 radical (unpaired) electrons. The zero-order valence-corrected chi connectivity index (χ0v) is 14.5. The van der Waals surface area contributed by atoms with E-state index in [4.69, 9.17) is 4.98 Å². The summed E-state index contributed by atoms with van der Waals surface area (Å²) in [5, 5.41) is 0.685. The molecular formula is C21H16N2OS. The van der Waals surface area contributed by atoms with Gasteiger partial charge in [0.05, 0.1) is 15.9 Å². The topological polar surface area (TPSA) is 33.2 Å². The molecule has 1 heterocycles. The standard InChI is InChI=1S/C21H16N2OS/c1-15-9-5-7-13-18(15)23(20(24)16-10-3-2-4-11-16)21-22-17-12-6-8-14-19(17)25-21/h2-14H,1H3. The average molecular weight is 344 g/mol. The van der Waals surface area contributed by atoms with Crippen molar-refractivity contribution in [2.45, 2.75) is 6.92 Å². The van der Waals surface area contributed by atoms with Crippen LogP contribution in [0.4, 0.5) is 10.8 Å². The number of rotatable bonds is 3. The van der Waals surface area contributed by atoms with Crippen LogP contribution in [-0.2, 0) is 0 Å². The van der Waals surface area contributed by atoms with Gasteiger partial charge in [-0.2, -0.15) is 0 Å². The predicted octanol–water partition coefficient (Wildman–Crippen LogP) is 5.58. The van der Waals surface area contributed by atoms with Gasteiger partial charge in [0.15, 0.2) is 5.13 Å². The first-order valence-corrected chi connectivity index (χ1v) is 8.86. The molecule has 0 spiro atoms. The Morgan fingerprint density at radius 1 is 0.880 bits per heavy atom. The van der Waals surface area contributed by atoms with Crippen LogP contribution in [-0.4, -0.2) is 10.9 Å². The van der Waals surface area contributed by atoms with Crippen molar-refractivity contribution in [3.63, 3.8) is 0 Å². The molecule has 0 aliphatic rings. The third-order valence-electron chi connectivity index (χ3n) is 4.05. The highest BCUT2D eigenvalue weighted by molar-refractivity contribution is 7.22. The van der Waals surface area contributed by atoms with E-state index in [1.807, 2.05) is 85.8 Å². The molecule has 0 unspecified atom stereocenters. The zero-order chi connectivity index (χ0) is 17.2. The Balaban J connectivity index is 1.89. The molecule has 122 valence electrons. The number of aryl methyl sites for hydroxylation is 1. The first-order valence-electron chi connectivity index (χ1n) is 8.05. The summed E-state index contributed by atoms with van der Waals surface area (Å²) in [4.78, 5) is 19.7. The molecule has 0 N–H and O–H groups in total. The van der Waals surface area contributed by atoms with E-state index < -0.39 is 0 Å². The molecule has 3 aromatic carbocycles. The molecule has 0 aliphatic carbocycles. The lowest BCUT2D eigenvalue weighted by Gasteiger charge is -2.22. The van der Waals surface area contributed by atoms with E-state index in [9.17, 15) is 4.79 Å². The first-order chi connectivity index (χ1) is 12.2. The van der Waals surface area contributed by atoms with Crippen LogP contribution < -0.4 is 4.90 Å². The summed E-state index contributed by atoms with van der Waals surface area (Å²) in [6.45, 7) is 2.01. The Bertz CT molecular complexity index is 1010. The number of hydrogen-bond acceptors (Lipinski definition) is 3. The lowest BCUT2D eigenvalue weighted by atomic mass is 10.1. The molecule has 4 aromatic rings. The van der Waals surface area contributed by atoms with Gasteiger partial charge in [0.1, 0.15) is 0 Å². The number of carbonyl (C=O) groups is 1. The summed E-state index contributed by atoms with van der Waals surface area (Å²) in [5.74, 6) is -0.0750. The maximum atomic E-state index is 13.3. The maximum absolute atomic E-state index is 13.3. The van der Waals surface area contributed by atoms with E-state index >= 15 is 0 Å². The second-order valence-corrected chi connectivity index (χ2v) is 6.77. The molecule has 0 saturated carbocycles. The predicted molar refractivity (Wildman–Crippen MR) is 104 cm³/mol. The van der Waals surface area contributed by atoms with E-state index in [1.54, 1.807) is 4.90 Å². The minimum atomic E-state index is -0.0750. The van der Waals surface area contributed by atoms with Crippen LogP contribution in [0, 0.1) is 6.92 Å². The molecule has 3 nitrogen and oxygen atoms in total. The Morgan fingerprint density at radius 2 is 1.56 bits per heavy atom. The highest BCUT2D eigenvalue weighted by Crippen LogP contribution is 2.35. The molecule has 0 saturated heterocycles. The number of benzene rings is 3. The van der Waals surface area contributed by atoms with Crippen molar-refractivity contribution in [1.29, 1.82) is 0 Å². The van der Waals surface area contributed by atoms with E-state index in [0.717, 1.165) is 21.5 Å². The molecule has 0 fully saturated rings. The lowest BCUT2D eigenvalue weighted by molar-refractivity contribution is 0.0999. The number of para-hydroxylation sites is 2. The average Bonchev–Trinajstić information content (AvgIpc) is 3.08. The zero-order valence-electron chi connectivity index (χ0n) is 13.7. The number of thiazole rings is 1. The highest BCUT2D eigenvalue weighted by Gasteiger charge is 2.24. The van der Waals surface area contributed by atoms with Crippen LogP contribution >= 0.6 is 11.3 Å². The van der Waals surface area contributed by atoms with E-state index in [0.29, 0.717) is 10.7 Å². The first kappa shape index (κ1) is 15.5. The van der Waals surface area contributed by atoms with Gasteiger partial charge in [-0.1, -0.05) is 59.9 Å². The Kier molecular flexibility index (Phi) is 4.04. The summed E-state index contributed by atoms with van der Waals surface area (Å²) < 4.78 is 1.07. The fourth-order valence-corrected chi connectivity index (χ4v) is 3.76. The minimum Gasteiger partial charge on any atom is -0.268 e. The van der Waals surface area contributed by atoms with Crippen LogP contribution in [0.5, 0.6) is 0 Å². The molecule has 25 heavy (non-hydrogen) atoms. The number of aromatic nitrogens is 1. The van der Waals surface area contributed by atoms with Gasteiger partial charge >= 0.3 is 0 Å². The van der Waals surface area contributed by atoms with Crippen molar-refractivity contribution < 1.29 is 4.79 Å². The van der Waals surface area contributed by atoms with Crippen LogP contribution in [0.2, 0.25) is 0 Å². The van der Waals surface area contributed by atoms with Crippen molar-refractivity contribution >= 4 is 38.3 Å². The normalized spacial score (nSPS) is 10.8. The Labute approximate surface area is 150 Å². The lowest BCUT2D eigenvalue weighted by Crippen LogP contribution is -2.26. The molecule has 1 amide bonds. The number of nitrogens with zero attached hydrogens (tertiary/aromatic N) is 2. The molecule has 0 bridgehead atoms. The summed E-state index contributed by atoms with van der Waals surface area (Å²) in [6.07, 6.45) is 0. The van der Waals surface area contributed by atoms with Crippen molar-refractivity contribution in [3.05, 3.63) is 90.0 Å². The van der Waals surface area contributed by atoms with Crippen LogP contribution in [0.25, 0.3) is 10.2 Å². The monoisotopic (exact) mass is 344 g/mol. The molecule has 0 aliphatic heterocycles. The van der Waals surface area contributed by atoms with Gasteiger partial charge in [0, 0.05) is 5.56 Å². The van der Waals surface area contributed by atoms with Gasteiger partial charge in [0.2, 0.25) is 0 Å². The van der Waals surface area contributed by atoms with Gasteiger partial charge in [-0.3, -0.25) is 9.69 Å². The summed E-state index contributed by atoms with van der Waals surface area (Å²) in [7, 11) is 0. The molecule has 4 rings (SSSR count). The van der Waals surface area contributed by atoms with Crippen molar-refractivity contribution in [2.24, 2.45) is 0 Å². The minimum absolute atomic E-state index is 0.0750. The van der Waals surface area contributed by atoms with E-state index in [2.05, 4.69) is 0 Å². The number of anilines is 2. The quantitative estimate of drug-likeness (QED) is 0.486. The molecule has 1 aromatic heterocycles. The smallest absolute Gasteiger partial charge is 0.264 e. The summed E-state index contributed by atoms with van der Waals surface area (Å²) >= 11 is 1.53. The van der Waals surface area contributed by atoms with E-state index in [-0.39, 0.29) is 5.91 Å². The van der Waals surface area contributed by atoms with Gasteiger partial charge in [-0.15, -0.1) is 0 Å². The molecule has 0 atom stereocenters. The van der Waals surface area contributed by atoms with Gasteiger partial charge in [-0.05, 0) is 42.8 Å². The third-order valence-corrected chi connectivity index (χ3v) is 5.08. The van der Waals surface area contributed by atoms with Crippen molar-refractivity contribution in [1.82, 2.24) is 4.98 Å². The second-order valence-electron chi connectivity index (χ2n) is 5.76. The van der Waals surface area contributed by atoms with E-state index in [1.165, 1.54) is 11.3 Å². The summed E-state index contributed by atoms with van der Waals surface area (Å²) in [6, 6.07) is 25.2. The van der Waals surface area contributed by atoms with Crippen molar-refractivity contribution in [2.75, 3.05) is 4.90 Å².